The van der Waals surface area contributed by atoms with Gasteiger partial charge in [-0.1, -0.05) is 13.8 Å². The van der Waals surface area contributed by atoms with E-state index in [0.29, 0.717) is 11.3 Å². The van der Waals surface area contributed by atoms with Crippen LogP contribution in [0.25, 0.3) is 0 Å². The summed E-state index contributed by atoms with van der Waals surface area (Å²) in [5.41, 5.74) is 0.460. The number of methoxy groups -OCH3 is 3. The van der Waals surface area contributed by atoms with Gasteiger partial charge in [0.05, 0.1) is 27.8 Å². The molecule has 2 atom stereocenters. The number of aliphatic carboxylic acids is 1. The summed E-state index contributed by atoms with van der Waals surface area (Å²) in [5, 5.41) is 15.8. The van der Waals surface area contributed by atoms with Crippen molar-refractivity contribution >= 4 is 29.5 Å². The minimum Gasteiger partial charge on any atom is -0.493 e. The number of rotatable bonds is 15. The van der Waals surface area contributed by atoms with Gasteiger partial charge in [0.2, 0.25) is 23.3 Å². The third-order valence-electron chi connectivity index (χ3n) is 6.13. The van der Waals surface area contributed by atoms with Crippen LogP contribution in [-0.2, 0) is 30.5 Å². The lowest BCUT2D eigenvalue weighted by Crippen LogP contribution is -2.56. The first-order valence-corrected chi connectivity index (χ1v) is 13.0. The Morgan fingerprint density at radius 1 is 0.800 bits per heavy atom. The molecule has 0 aliphatic rings. The van der Waals surface area contributed by atoms with E-state index in [2.05, 4.69) is 20.7 Å². The number of amides is 3. The number of carbonyl (C=O) groups excluding carboxylic acids is 4. The Labute approximate surface area is 254 Å². The normalized spacial score (nSPS) is 12.0. The maximum atomic E-state index is 13.9. The molecule has 3 amide bonds. The highest BCUT2D eigenvalue weighted by atomic mass is 19.2. The largest absolute Gasteiger partial charge is 0.493 e. The molecular formula is C28H31F4N3O10. The van der Waals surface area contributed by atoms with Crippen LogP contribution in [0, 0.1) is 29.2 Å². The number of ketones is 1. The lowest BCUT2D eigenvalue weighted by Gasteiger charge is -2.24. The van der Waals surface area contributed by atoms with E-state index in [0.717, 1.165) is 0 Å². The van der Waals surface area contributed by atoms with Gasteiger partial charge in [-0.3, -0.25) is 24.0 Å². The van der Waals surface area contributed by atoms with E-state index >= 15 is 0 Å². The van der Waals surface area contributed by atoms with Crippen LogP contribution in [0.3, 0.4) is 0 Å². The van der Waals surface area contributed by atoms with Gasteiger partial charge < -0.3 is 40.0 Å². The van der Waals surface area contributed by atoms with Gasteiger partial charge in [-0.15, -0.1) is 0 Å². The van der Waals surface area contributed by atoms with Gasteiger partial charge >= 0.3 is 17.8 Å². The molecule has 2 aromatic carbocycles. The molecule has 0 radical (unpaired) electrons. The first-order valence-electron chi connectivity index (χ1n) is 13.0. The van der Waals surface area contributed by atoms with E-state index in [9.17, 15) is 46.6 Å². The number of carboxylic acid groups (broad SMARTS) is 1. The molecule has 0 bridgehead atoms. The monoisotopic (exact) mass is 645 g/mol. The zero-order valence-electron chi connectivity index (χ0n) is 24.7. The maximum Gasteiger partial charge on any atom is 0.309 e. The van der Waals surface area contributed by atoms with Crippen molar-refractivity contribution in [3.8, 4) is 23.0 Å². The fourth-order valence-electron chi connectivity index (χ4n) is 3.85. The molecule has 246 valence electrons. The highest BCUT2D eigenvalue weighted by Crippen LogP contribution is 2.38. The number of halogens is 4. The second kappa shape index (κ2) is 16.1. The van der Waals surface area contributed by atoms with E-state index < -0.39 is 89.5 Å². The molecule has 45 heavy (non-hydrogen) atoms. The van der Waals surface area contributed by atoms with Crippen molar-refractivity contribution < 1.29 is 65.6 Å². The average Bonchev–Trinajstić information content (AvgIpc) is 2.99. The number of benzene rings is 2. The van der Waals surface area contributed by atoms with E-state index in [1.165, 1.54) is 47.3 Å². The molecule has 0 aliphatic heterocycles. The second-order valence-electron chi connectivity index (χ2n) is 9.62. The number of ether oxygens (including phenoxy) is 4. The van der Waals surface area contributed by atoms with Crippen LogP contribution in [0.4, 0.5) is 17.6 Å². The first-order chi connectivity index (χ1) is 21.1. The van der Waals surface area contributed by atoms with Crippen molar-refractivity contribution in [2.24, 2.45) is 5.92 Å². The molecule has 2 aromatic rings. The molecule has 0 saturated heterocycles. The number of carbonyl (C=O) groups is 5. The Hall–Kier alpha value is -5.09. The van der Waals surface area contributed by atoms with Gasteiger partial charge in [0.1, 0.15) is 18.7 Å². The summed E-state index contributed by atoms with van der Waals surface area (Å²) in [6, 6.07) is -0.365. The van der Waals surface area contributed by atoms with Gasteiger partial charge in [-0.25, -0.2) is 8.78 Å². The highest BCUT2D eigenvalue weighted by Gasteiger charge is 2.32. The number of nitrogens with one attached hydrogen (secondary N) is 3. The van der Waals surface area contributed by atoms with Gasteiger partial charge in [0.25, 0.3) is 0 Å². The summed E-state index contributed by atoms with van der Waals surface area (Å²) in [4.78, 5) is 62.1. The maximum absolute atomic E-state index is 13.9. The van der Waals surface area contributed by atoms with E-state index in [-0.39, 0.29) is 24.1 Å². The Balaban J connectivity index is 2.11. The van der Waals surface area contributed by atoms with Crippen molar-refractivity contribution in [3.05, 3.63) is 47.0 Å². The molecule has 0 spiro atoms. The zero-order valence-corrected chi connectivity index (χ0v) is 24.7. The third kappa shape index (κ3) is 9.45. The Morgan fingerprint density at radius 2 is 1.36 bits per heavy atom. The van der Waals surface area contributed by atoms with Crippen LogP contribution < -0.4 is 34.9 Å². The Morgan fingerprint density at radius 3 is 1.82 bits per heavy atom. The summed E-state index contributed by atoms with van der Waals surface area (Å²) in [6.45, 7) is 1.48. The molecule has 0 fully saturated rings. The molecule has 0 aliphatic carbocycles. The lowest BCUT2D eigenvalue weighted by molar-refractivity contribution is -0.142. The van der Waals surface area contributed by atoms with Crippen LogP contribution in [0.5, 0.6) is 23.0 Å². The van der Waals surface area contributed by atoms with Crippen molar-refractivity contribution in [2.75, 3.05) is 27.9 Å². The van der Waals surface area contributed by atoms with Crippen LogP contribution in [0.2, 0.25) is 0 Å². The van der Waals surface area contributed by atoms with Gasteiger partial charge in [0.15, 0.2) is 34.7 Å². The SMILES string of the molecule is COc1cc(CNC(=O)C(=O)N[C@H](C(=O)N[C@@H](CC(=O)O)C(=O)COc2c(F)c(F)cc(F)c2F)C(C)C)cc(OC)c1OC. The molecule has 0 saturated carbocycles. The van der Waals surface area contributed by atoms with Gasteiger partial charge in [-0.05, 0) is 23.6 Å². The molecular weight excluding hydrogens is 614 g/mol. The minimum absolute atomic E-state index is 0.0825. The number of Topliss-reactive ketones (excluding diaryl/α,β-unsaturated/α-hetero) is 1. The fraction of sp³-hybridized carbons (Fsp3) is 0.393. The molecule has 0 aromatic heterocycles. The topological polar surface area (TPSA) is 179 Å². The van der Waals surface area contributed by atoms with Crippen molar-refractivity contribution in [3.63, 3.8) is 0 Å². The average molecular weight is 646 g/mol. The predicted molar refractivity (Wildman–Crippen MR) is 146 cm³/mol. The molecule has 4 N–H and O–H groups in total. The van der Waals surface area contributed by atoms with E-state index in [1.54, 1.807) is 0 Å². The summed E-state index contributed by atoms with van der Waals surface area (Å²) in [6.07, 6.45) is -1.04. The van der Waals surface area contributed by atoms with E-state index in [1.807, 2.05) is 0 Å². The van der Waals surface area contributed by atoms with Crippen molar-refractivity contribution in [1.82, 2.24) is 16.0 Å². The van der Waals surface area contributed by atoms with Crippen molar-refractivity contribution in [1.29, 1.82) is 0 Å². The number of hydrogen-bond acceptors (Lipinski definition) is 9. The van der Waals surface area contributed by atoms with Crippen LogP contribution in [0.15, 0.2) is 18.2 Å². The molecule has 0 heterocycles. The summed E-state index contributed by atoms with van der Waals surface area (Å²) >= 11 is 0. The van der Waals surface area contributed by atoms with Crippen LogP contribution >= 0.6 is 0 Å². The number of hydrogen-bond donors (Lipinski definition) is 4. The predicted octanol–water partition coefficient (Wildman–Crippen LogP) is 1.63. The summed E-state index contributed by atoms with van der Waals surface area (Å²) < 4.78 is 74.9. The highest BCUT2D eigenvalue weighted by molar-refractivity contribution is 6.35. The molecule has 17 heteroatoms. The fourth-order valence-corrected chi connectivity index (χ4v) is 3.85. The quantitative estimate of drug-likeness (QED) is 0.126. The molecule has 13 nitrogen and oxygen atoms in total. The zero-order chi connectivity index (χ0) is 34.0. The Kier molecular flexibility index (Phi) is 12.9. The second-order valence-corrected chi connectivity index (χ2v) is 9.62. The van der Waals surface area contributed by atoms with Crippen molar-refractivity contribution in [2.45, 2.75) is 38.9 Å². The van der Waals surface area contributed by atoms with E-state index in [4.69, 9.17) is 14.2 Å². The molecule has 0 unspecified atom stereocenters. The Bertz CT molecular complexity index is 1400. The first kappa shape index (κ1) is 36.1. The number of carboxylic acids is 1. The van der Waals surface area contributed by atoms with Gasteiger partial charge in [0, 0.05) is 12.6 Å². The minimum atomic E-state index is -1.94. The summed E-state index contributed by atoms with van der Waals surface area (Å²) in [7, 11) is 4.17. The standard InChI is InChI=1S/C28H31F4N3O10/c1-12(2)23(35-28(41)27(40)33-10-13-6-18(42-3)24(44-5)19(7-13)43-4)26(39)34-16(9-20(37)38)17(36)11-45-25-21(31)14(29)8-15(30)22(25)32/h6-8,12,16,23H,9-11H2,1-5H3,(H,33,40)(H,34,39)(H,35,41)(H,37,38)/t16-,23-/m0/s1. The molecule has 2 rings (SSSR count). The van der Waals surface area contributed by atoms with Crippen LogP contribution in [-0.4, -0.2) is 74.6 Å². The van der Waals surface area contributed by atoms with Gasteiger partial charge in [-0.2, -0.15) is 8.78 Å². The third-order valence-corrected chi connectivity index (χ3v) is 6.13. The smallest absolute Gasteiger partial charge is 0.309 e. The van der Waals surface area contributed by atoms with Crippen LogP contribution in [0.1, 0.15) is 25.8 Å². The summed E-state index contributed by atoms with van der Waals surface area (Å²) in [5.74, 6) is -15.2. The lowest BCUT2D eigenvalue weighted by atomic mass is 10.0.